The first kappa shape index (κ1) is 16.4. The van der Waals surface area contributed by atoms with Gasteiger partial charge in [0.1, 0.15) is 6.29 Å². The molecule has 0 spiro atoms. The molecule has 0 radical (unpaired) electrons. The number of carbonyl (C=O) groups is 1. The number of aldehydes is 1. The van der Waals surface area contributed by atoms with Crippen molar-refractivity contribution in [2.45, 2.75) is 63.3 Å². The summed E-state index contributed by atoms with van der Waals surface area (Å²) >= 11 is 0. The van der Waals surface area contributed by atoms with E-state index in [1.807, 2.05) is 0 Å². The summed E-state index contributed by atoms with van der Waals surface area (Å²) in [5.74, 6) is 0.0350. The Hall–Kier alpha value is -0.970. The van der Waals surface area contributed by atoms with Gasteiger partial charge in [-0.15, -0.1) is 0 Å². The first-order valence-corrected chi connectivity index (χ1v) is 7.97. The minimum atomic E-state index is -0.437. The second-order valence-electron chi connectivity index (χ2n) is 6.08. The maximum Gasteiger partial charge on any atom is 0.123 e. The smallest absolute Gasteiger partial charge is 0.123 e. The van der Waals surface area contributed by atoms with Gasteiger partial charge in [0.2, 0.25) is 0 Å². The van der Waals surface area contributed by atoms with Gasteiger partial charge < -0.3 is 19.7 Å². The number of hydrogen-bond donors (Lipinski definition) is 2. The molecule has 2 unspecified atom stereocenters. The third-order valence-electron chi connectivity index (χ3n) is 4.36. The fourth-order valence-electron chi connectivity index (χ4n) is 2.96. The van der Waals surface area contributed by atoms with Gasteiger partial charge in [0, 0.05) is 5.92 Å². The van der Waals surface area contributed by atoms with Gasteiger partial charge in [-0.05, 0) is 44.9 Å². The van der Waals surface area contributed by atoms with Crippen LogP contribution in [-0.2, 0) is 9.53 Å². The fraction of sp³-hybridized carbons (Fsp3) is 0.706. The summed E-state index contributed by atoms with van der Waals surface area (Å²) in [5, 5.41) is 19.3. The van der Waals surface area contributed by atoms with Gasteiger partial charge in [-0.25, -0.2) is 0 Å². The van der Waals surface area contributed by atoms with E-state index in [0.717, 1.165) is 38.4 Å². The standard InChI is InChI=1S/C17H26O4/c18-12-14-6-9-16(20)17(11-14)21-10-2-1-3-13-4-7-15(19)8-5-13/h1,3-4,12,14-17,19-20H,2,5-11H2/b3-1+/t14-,15?,16-,17?/m1/s1. The Morgan fingerprint density at radius 1 is 1.29 bits per heavy atom. The number of aliphatic hydroxyl groups is 2. The molecular formula is C17H26O4. The molecule has 0 heterocycles. The van der Waals surface area contributed by atoms with E-state index in [9.17, 15) is 15.0 Å². The summed E-state index contributed by atoms with van der Waals surface area (Å²) in [6.45, 7) is 0.569. The van der Waals surface area contributed by atoms with E-state index in [1.165, 1.54) is 5.57 Å². The Kier molecular flexibility index (Phi) is 6.61. The molecule has 2 aliphatic rings. The predicted octanol–water partition coefficient (Wildman–Crippen LogP) is 2.15. The summed E-state index contributed by atoms with van der Waals surface area (Å²) in [7, 11) is 0. The molecule has 4 nitrogen and oxygen atoms in total. The molecule has 1 saturated carbocycles. The van der Waals surface area contributed by atoms with Crippen LogP contribution in [0.15, 0.2) is 23.8 Å². The maximum absolute atomic E-state index is 10.8. The highest BCUT2D eigenvalue weighted by Gasteiger charge is 2.29. The first-order chi connectivity index (χ1) is 10.2. The van der Waals surface area contributed by atoms with E-state index < -0.39 is 6.10 Å². The Morgan fingerprint density at radius 3 is 2.86 bits per heavy atom. The molecule has 0 bridgehead atoms. The highest BCUT2D eigenvalue weighted by molar-refractivity contribution is 5.53. The van der Waals surface area contributed by atoms with E-state index in [-0.39, 0.29) is 18.1 Å². The van der Waals surface area contributed by atoms with Crippen molar-refractivity contribution in [2.75, 3.05) is 6.61 Å². The van der Waals surface area contributed by atoms with Crippen LogP contribution in [0, 0.1) is 5.92 Å². The van der Waals surface area contributed by atoms with Crippen molar-refractivity contribution < 1.29 is 19.7 Å². The lowest BCUT2D eigenvalue weighted by atomic mass is 9.86. The second-order valence-corrected chi connectivity index (χ2v) is 6.08. The van der Waals surface area contributed by atoms with Crippen LogP contribution in [0.4, 0.5) is 0 Å². The van der Waals surface area contributed by atoms with Crippen LogP contribution in [0.1, 0.15) is 44.9 Å². The number of rotatable bonds is 6. The third kappa shape index (κ3) is 5.38. The van der Waals surface area contributed by atoms with Gasteiger partial charge in [-0.3, -0.25) is 0 Å². The number of allylic oxidation sites excluding steroid dienone is 2. The quantitative estimate of drug-likeness (QED) is 0.582. The van der Waals surface area contributed by atoms with Gasteiger partial charge in [-0.2, -0.15) is 0 Å². The van der Waals surface area contributed by atoms with E-state index in [2.05, 4.69) is 18.2 Å². The summed E-state index contributed by atoms with van der Waals surface area (Å²) < 4.78 is 5.71. The molecule has 21 heavy (non-hydrogen) atoms. The van der Waals surface area contributed by atoms with Crippen molar-refractivity contribution in [1.82, 2.24) is 0 Å². The van der Waals surface area contributed by atoms with E-state index in [1.54, 1.807) is 0 Å². The molecule has 0 saturated heterocycles. The fourth-order valence-corrected chi connectivity index (χ4v) is 2.96. The molecule has 0 aliphatic heterocycles. The number of aliphatic hydroxyl groups excluding tert-OH is 2. The Labute approximate surface area is 126 Å². The van der Waals surface area contributed by atoms with Crippen LogP contribution < -0.4 is 0 Å². The molecule has 0 amide bonds. The largest absolute Gasteiger partial charge is 0.393 e. The molecule has 2 aliphatic carbocycles. The summed E-state index contributed by atoms with van der Waals surface area (Å²) in [5.41, 5.74) is 1.28. The lowest BCUT2D eigenvalue weighted by Gasteiger charge is -2.30. The van der Waals surface area contributed by atoms with Crippen LogP contribution in [0.3, 0.4) is 0 Å². The Morgan fingerprint density at radius 2 is 2.14 bits per heavy atom. The lowest BCUT2D eigenvalue weighted by molar-refractivity contribution is -0.118. The van der Waals surface area contributed by atoms with Crippen LogP contribution in [0.2, 0.25) is 0 Å². The van der Waals surface area contributed by atoms with Crippen molar-refractivity contribution in [3.8, 4) is 0 Å². The highest BCUT2D eigenvalue weighted by Crippen LogP contribution is 2.25. The van der Waals surface area contributed by atoms with Gasteiger partial charge in [0.05, 0.1) is 24.9 Å². The Bertz CT molecular complexity index is 388. The van der Waals surface area contributed by atoms with E-state index in [4.69, 9.17) is 4.74 Å². The minimum absolute atomic E-state index is 0.0350. The predicted molar refractivity (Wildman–Crippen MR) is 80.8 cm³/mol. The van der Waals surface area contributed by atoms with Crippen LogP contribution in [0.25, 0.3) is 0 Å². The maximum atomic E-state index is 10.8. The number of hydrogen-bond acceptors (Lipinski definition) is 4. The average molecular weight is 294 g/mol. The van der Waals surface area contributed by atoms with Crippen molar-refractivity contribution in [3.63, 3.8) is 0 Å². The average Bonchev–Trinajstić information content (AvgIpc) is 2.50. The third-order valence-corrected chi connectivity index (χ3v) is 4.36. The van der Waals surface area contributed by atoms with E-state index in [0.29, 0.717) is 19.4 Å². The second kappa shape index (κ2) is 8.47. The monoisotopic (exact) mass is 294 g/mol. The molecular weight excluding hydrogens is 268 g/mol. The van der Waals surface area contributed by atoms with Gasteiger partial charge in [-0.1, -0.05) is 23.8 Å². The van der Waals surface area contributed by atoms with Crippen molar-refractivity contribution in [1.29, 1.82) is 0 Å². The molecule has 0 aromatic rings. The van der Waals surface area contributed by atoms with Crippen molar-refractivity contribution in [3.05, 3.63) is 23.8 Å². The number of carbonyl (C=O) groups excluding carboxylic acids is 1. The Balaban J connectivity index is 1.66. The highest BCUT2D eigenvalue weighted by atomic mass is 16.5. The zero-order valence-corrected chi connectivity index (χ0v) is 12.5. The van der Waals surface area contributed by atoms with Gasteiger partial charge in [0.15, 0.2) is 0 Å². The zero-order valence-electron chi connectivity index (χ0n) is 12.5. The summed E-state index contributed by atoms with van der Waals surface area (Å²) in [4.78, 5) is 10.8. The minimum Gasteiger partial charge on any atom is -0.393 e. The molecule has 1 fully saturated rings. The molecule has 2 N–H and O–H groups in total. The molecule has 2 rings (SSSR count). The van der Waals surface area contributed by atoms with Crippen LogP contribution in [0.5, 0.6) is 0 Å². The van der Waals surface area contributed by atoms with Crippen LogP contribution >= 0.6 is 0 Å². The zero-order chi connectivity index (χ0) is 15.1. The molecule has 0 aromatic carbocycles. The van der Waals surface area contributed by atoms with Crippen molar-refractivity contribution in [2.24, 2.45) is 5.92 Å². The molecule has 4 heteroatoms. The first-order valence-electron chi connectivity index (χ1n) is 7.97. The molecule has 0 aromatic heterocycles. The van der Waals surface area contributed by atoms with E-state index >= 15 is 0 Å². The number of ether oxygens (including phenoxy) is 1. The van der Waals surface area contributed by atoms with Crippen LogP contribution in [-0.4, -0.2) is 41.4 Å². The summed E-state index contributed by atoms with van der Waals surface area (Å²) in [6, 6.07) is 0. The van der Waals surface area contributed by atoms with Gasteiger partial charge >= 0.3 is 0 Å². The van der Waals surface area contributed by atoms with Gasteiger partial charge in [0.25, 0.3) is 0 Å². The normalized spacial score (nSPS) is 33.9. The summed E-state index contributed by atoms with van der Waals surface area (Å²) in [6.07, 6.45) is 11.8. The SMILES string of the molecule is O=C[C@@H]1CC[C@@H](O)C(OCC/C=C/C2=CCC(O)CC2)C1. The lowest BCUT2D eigenvalue weighted by Crippen LogP contribution is -2.36. The van der Waals surface area contributed by atoms with Crippen molar-refractivity contribution >= 4 is 6.29 Å². The topological polar surface area (TPSA) is 66.8 Å². The molecule has 4 atom stereocenters. The molecule has 118 valence electrons.